The van der Waals surface area contributed by atoms with Crippen LogP contribution >= 0.6 is 11.6 Å². The van der Waals surface area contributed by atoms with Crippen molar-refractivity contribution in [2.45, 2.75) is 0 Å². The first-order valence-electron chi connectivity index (χ1n) is 6.76. The fraction of sp³-hybridized carbons (Fsp3) is 0.0588. The van der Waals surface area contributed by atoms with Gasteiger partial charge < -0.3 is 10.2 Å². The van der Waals surface area contributed by atoms with Crippen LogP contribution in [0.1, 0.15) is 20.7 Å². The molecule has 0 heterocycles. The van der Waals surface area contributed by atoms with Gasteiger partial charge in [0, 0.05) is 28.4 Å². The quantitative estimate of drug-likeness (QED) is 0.485. The molecule has 0 aliphatic carbocycles. The number of rotatable bonds is 6. The molecule has 2 N–H and O–H groups in total. The Kier molecular flexibility index (Phi) is 5.77. The smallest absolute Gasteiger partial charge is 0.269 e. The predicted molar refractivity (Wildman–Crippen MR) is 88.5 cm³/mol. The van der Waals surface area contributed by atoms with Gasteiger partial charge in [-0.1, -0.05) is 23.7 Å². The molecular weight excluding hydrogens is 316 g/mol. The summed E-state index contributed by atoms with van der Waals surface area (Å²) in [6.45, 7) is 0. The first-order valence-corrected chi connectivity index (χ1v) is 7.14. The standard InChI is InChI=1S/C17H15ClN2O3/c1-23-15-4-2-3-13(11-15)16(21)9-10-19-20-17(22)12-5-7-14(18)8-6-12/h2-11,19H,1H3,(H,20,22)/b10-9-. The second kappa shape index (κ2) is 8.00. The fourth-order valence-electron chi connectivity index (χ4n) is 1.77. The van der Waals surface area contributed by atoms with Crippen LogP contribution in [0.5, 0.6) is 5.75 Å². The summed E-state index contributed by atoms with van der Waals surface area (Å²) in [5.41, 5.74) is 5.96. The number of halogens is 1. The van der Waals surface area contributed by atoms with Crippen molar-refractivity contribution in [1.29, 1.82) is 0 Å². The number of hydrogen-bond donors (Lipinski definition) is 2. The van der Waals surface area contributed by atoms with Gasteiger partial charge in [0.15, 0.2) is 5.78 Å². The highest BCUT2D eigenvalue weighted by Gasteiger charge is 2.04. The number of hydrazine groups is 1. The summed E-state index contributed by atoms with van der Waals surface area (Å²) >= 11 is 5.75. The van der Waals surface area contributed by atoms with Gasteiger partial charge in [-0.15, -0.1) is 0 Å². The molecule has 0 fully saturated rings. The van der Waals surface area contributed by atoms with E-state index in [1.165, 1.54) is 19.4 Å². The lowest BCUT2D eigenvalue weighted by atomic mass is 10.1. The van der Waals surface area contributed by atoms with Crippen LogP contribution in [0.4, 0.5) is 0 Å². The van der Waals surface area contributed by atoms with Crippen LogP contribution in [-0.2, 0) is 0 Å². The van der Waals surface area contributed by atoms with Crippen LogP contribution in [0, 0.1) is 0 Å². The van der Waals surface area contributed by atoms with Crippen LogP contribution in [0.15, 0.2) is 60.8 Å². The number of carbonyl (C=O) groups excluding carboxylic acids is 2. The van der Waals surface area contributed by atoms with Crippen molar-refractivity contribution in [3.8, 4) is 5.75 Å². The van der Waals surface area contributed by atoms with Crippen molar-refractivity contribution >= 4 is 23.3 Å². The molecule has 0 atom stereocenters. The van der Waals surface area contributed by atoms with E-state index >= 15 is 0 Å². The van der Waals surface area contributed by atoms with Crippen molar-refractivity contribution in [3.63, 3.8) is 0 Å². The van der Waals surface area contributed by atoms with Gasteiger partial charge in [-0.25, -0.2) is 0 Å². The number of ether oxygens (including phenoxy) is 1. The molecule has 5 nitrogen and oxygen atoms in total. The van der Waals surface area contributed by atoms with Crippen molar-refractivity contribution in [2.24, 2.45) is 0 Å². The van der Waals surface area contributed by atoms with E-state index < -0.39 is 0 Å². The molecule has 0 aliphatic heterocycles. The third-order valence-electron chi connectivity index (χ3n) is 2.96. The zero-order valence-electron chi connectivity index (χ0n) is 12.4. The van der Waals surface area contributed by atoms with Crippen molar-refractivity contribution < 1.29 is 14.3 Å². The van der Waals surface area contributed by atoms with Crippen LogP contribution < -0.4 is 15.6 Å². The largest absolute Gasteiger partial charge is 0.497 e. The molecule has 0 radical (unpaired) electrons. The van der Waals surface area contributed by atoms with Crippen molar-refractivity contribution in [2.75, 3.05) is 7.11 Å². The maximum absolute atomic E-state index is 12.0. The third kappa shape index (κ3) is 4.86. The van der Waals surface area contributed by atoms with E-state index in [1.54, 1.807) is 48.5 Å². The summed E-state index contributed by atoms with van der Waals surface area (Å²) < 4.78 is 5.06. The van der Waals surface area contributed by atoms with Gasteiger partial charge in [-0.05, 0) is 36.4 Å². The number of allylic oxidation sites excluding steroid dienone is 1. The Morgan fingerprint density at radius 1 is 1.09 bits per heavy atom. The Morgan fingerprint density at radius 3 is 2.52 bits per heavy atom. The number of nitrogens with one attached hydrogen (secondary N) is 2. The minimum atomic E-state index is -0.333. The summed E-state index contributed by atoms with van der Waals surface area (Å²) in [5, 5.41) is 0.554. The molecule has 2 aromatic carbocycles. The average molecular weight is 331 g/mol. The van der Waals surface area contributed by atoms with E-state index in [0.717, 1.165) is 0 Å². The molecule has 0 aromatic heterocycles. The van der Waals surface area contributed by atoms with Gasteiger partial charge in [0.1, 0.15) is 5.75 Å². The van der Waals surface area contributed by atoms with Gasteiger partial charge in [-0.2, -0.15) is 0 Å². The summed E-state index contributed by atoms with van der Waals surface area (Å²) in [6.07, 6.45) is 2.67. The Morgan fingerprint density at radius 2 is 1.83 bits per heavy atom. The van der Waals surface area contributed by atoms with E-state index in [1.807, 2.05) is 0 Å². The van der Waals surface area contributed by atoms with Crippen molar-refractivity contribution in [3.05, 3.63) is 77.0 Å². The third-order valence-corrected chi connectivity index (χ3v) is 3.22. The van der Waals surface area contributed by atoms with E-state index in [9.17, 15) is 9.59 Å². The van der Waals surface area contributed by atoms with Gasteiger partial charge in [0.05, 0.1) is 7.11 Å². The topological polar surface area (TPSA) is 67.4 Å². The maximum atomic E-state index is 12.0. The highest BCUT2D eigenvalue weighted by atomic mass is 35.5. The second-order valence-corrected chi connectivity index (χ2v) is 4.97. The molecule has 0 bridgehead atoms. The molecule has 0 spiro atoms. The maximum Gasteiger partial charge on any atom is 0.269 e. The predicted octanol–water partition coefficient (Wildman–Crippen LogP) is 2.98. The van der Waals surface area contributed by atoms with Gasteiger partial charge in [0.25, 0.3) is 5.91 Å². The molecule has 23 heavy (non-hydrogen) atoms. The van der Waals surface area contributed by atoms with Gasteiger partial charge in [-0.3, -0.25) is 15.0 Å². The molecule has 6 heteroatoms. The lowest BCUT2D eigenvalue weighted by Crippen LogP contribution is -2.33. The lowest BCUT2D eigenvalue weighted by molar-refractivity contribution is 0.0939. The summed E-state index contributed by atoms with van der Waals surface area (Å²) in [6, 6.07) is 13.3. The molecule has 2 aromatic rings. The van der Waals surface area contributed by atoms with E-state index in [-0.39, 0.29) is 11.7 Å². The zero-order chi connectivity index (χ0) is 16.7. The zero-order valence-corrected chi connectivity index (χ0v) is 13.1. The lowest BCUT2D eigenvalue weighted by Gasteiger charge is -2.04. The van der Waals surface area contributed by atoms with Crippen LogP contribution in [-0.4, -0.2) is 18.8 Å². The SMILES string of the molecule is COc1cccc(C(=O)/C=C\NNC(=O)c2ccc(Cl)cc2)c1. The summed E-state index contributed by atoms with van der Waals surface area (Å²) in [7, 11) is 1.53. The molecule has 0 saturated heterocycles. The summed E-state index contributed by atoms with van der Waals surface area (Å²) in [4.78, 5) is 23.8. The number of benzene rings is 2. The highest BCUT2D eigenvalue weighted by Crippen LogP contribution is 2.13. The number of amides is 1. The van der Waals surface area contributed by atoms with E-state index in [0.29, 0.717) is 21.9 Å². The average Bonchev–Trinajstić information content (AvgIpc) is 2.59. The summed E-state index contributed by atoms with van der Waals surface area (Å²) in [5.74, 6) is 0.0607. The Labute approximate surface area is 138 Å². The molecule has 0 saturated carbocycles. The first kappa shape index (κ1) is 16.6. The van der Waals surface area contributed by atoms with Crippen LogP contribution in [0.3, 0.4) is 0 Å². The van der Waals surface area contributed by atoms with Crippen molar-refractivity contribution in [1.82, 2.24) is 10.9 Å². The van der Waals surface area contributed by atoms with E-state index in [2.05, 4.69) is 10.9 Å². The first-order chi connectivity index (χ1) is 11.1. The van der Waals surface area contributed by atoms with Gasteiger partial charge >= 0.3 is 0 Å². The monoisotopic (exact) mass is 330 g/mol. The Bertz CT molecular complexity index is 727. The number of methoxy groups -OCH3 is 1. The Hall–Kier alpha value is -2.79. The Balaban J connectivity index is 1.87. The van der Waals surface area contributed by atoms with Gasteiger partial charge in [0.2, 0.25) is 0 Å². The normalized spacial score (nSPS) is 10.3. The molecular formula is C17H15ClN2O3. The number of hydrogen-bond acceptors (Lipinski definition) is 4. The van der Waals surface area contributed by atoms with Crippen LogP contribution in [0.2, 0.25) is 5.02 Å². The number of ketones is 1. The minimum absolute atomic E-state index is 0.211. The van der Waals surface area contributed by atoms with Crippen LogP contribution in [0.25, 0.3) is 0 Å². The molecule has 2 rings (SSSR count). The molecule has 0 unspecified atom stereocenters. The number of carbonyl (C=O) groups is 2. The minimum Gasteiger partial charge on any atom is -0.497 e. The second-order valence-electron chi connectivity index (χ2n) is 4.53. The fourth-order valence-corrected chi connectivity index (χ4v) is 1.90. The highest BCUT2D eigenvalue weighted by molar-refractivity contribution is 6.30. The molecule has 118 valence electrons. The molecule has 1 amide bonds. The molecule has 0 aliphatic rings. The van der Waals surface area contributed by atoms with E-state index in [4.69, 9.17) is 16.3 Å².